The lowest BCUT2D eigenvalue weighted by atomic mass is 10.2. The first-order valence-electron chi connectivity index (χ1n) is 5.39. The fourth-order valence-electron chi connectivity index (χ4n) is 1.01. The summed E-state index contributed by atoms with van der Waals surface area (Å²) in [7, 11) is 0. The lowest BCUT2D eigenvalue weighted by Crippen LogP contribution is -2.20. The van der Waals surface area contributed by atoms with Gasteiger partial charge in [0.05, 0.1) is 12.2 Å². The van der Waals surface area contributed by atoms with Gasteiger partial charge in [-0.1, -0.05) is 13.8 Å². The van der Waals surface area contributed by atoms with E-state index in [-0.39, 0.29) is 11.6 Å². The maximum Gasteiger partial charge on any atom is 0.318 e. The number of carbonyl (C=O) groups is 1. The molecule has 1 aromatic heterocycles. The maximum atomic E-state index is 10.8. The minimum atomic E-state index is -0.569. The highest BCUT2D eigenvalue weighted by molar-refractivity contribution is 5.92. The Balaban J connectivity index is 2.48. The molecule has 0 aliphatic carbocycles. The Labute approximate surface area is 100 Å². The molecule has 0 aliphatic rings. The van der Waals surface area contributed by atoms with Crippen molar-refractivity contribution < 1.29 is 14.3 Å². The first kappa shape index (κ1) is 13.4. The summed E-state index contributed by atoms with van der Waals surface area (Å²) < 4.78 is 10.7. The van der Waals surface area contributed by atoms with Crippen molar-refractivity contribution in [2.75, 3.05) is 6.61 Å². The largest absolute Gasteiger partial charge is 0.434 e. The molecule has 1 atom stereocenters. The topological polar surface area (TPSA) is 87.3 Å². The zero-order chi connectivity index (χ0) is 12.8. The van der Waals surface area contributed by atoms with Crippen LogP contribution in [0.4, 0.5) is 0 Å². The monoisotopic (exact) mass is 239 g/mol. The van der Waals surface area contributed by atoms with Crippen LogP contribution in [0.2, 0.25) is 0 Å². The summed E-state index contributed by atoms with van der Waals surface area (Å²) in [5.74, 6) is -0.139. The highest BCUT2D eigenvalue weighted by Crippen LogP contribution is 2.06. The third-order valence-corrected chi connectivity index (χ3v) is 1.85. The molecule has 1 aromatic rings. The zero-order valence-corrected chi connectivity index (χ0v) is 10.2. The van der Waals surface area contributed by atoms with Crippen molar-refractivity contribution in [3.8, 4) is 6.01 Å². The first-order chi connectivity index (χ1) is 7.99. The van der Waals surface area contributed by atoms with E-state index < -0.39 is 12.2 Å². The molecule has 2 N–H and O–H groups in total. The number of carbonyl (C=O) groups excluding carboxylic acids is 1. The molecule has 94 valence electrons. The first-order valence-corrected chi connectivity index (χ1v) is 5.39. The van der Waals surface area contributed by atoms with Gasteiger partial charge in [-0.25, -0.2) is 9.97 Å². The van der Waals surface area contributed by atoms with Crippen LogP contribution in [0.5, 0.6) is 6.01 Å². The molecular weight excluding hydrogens is 222 g/mol. The minimum Gasteiger partial charge on any atom is -0.434 e. The van der Waals surface area contributed by atoms with Crippen molar-refractivity contribution in [2.24, 2.45) is 11.7 Å². The second-order valence-corrected chi connectivity index (χ2v) is 4.03. The van der Waals surface area contributed by atoms with Gasteiger partial charge in [0.15, 0.2) is 6.29 Å². The second kappa shape index (κ2) is 6.15. The van der Waals surface area contributed by atoms with Crippen molar-refractivity contribution >= 4 is 5.91 Å². The summed E-state index contributed by atoms with van der Waals surface area (Å²) in [6.45, 7) is 6.45. The number of ether oxygens (including phenoxy) is 2. The Morgan fingerprint density at radius 1 is 1.35 bits per heavy atom. The van der Waals surface area contributed by atoms with Crippen LogP contribution < -0.4 is 10.5 Å². The number of primary amides is 1. The van der Waals surface area contributed by atoms with Gasteiger partial charge < -0.3 is 15.2 Å². The van der Waals surface area contributed by atoms with Crippen LogP contribution in [0.1, 0.15) is 31.1 Å². The van der Waals surface area contributed by atoms with Crippen LogP contribution in [-0.4, -0.2) is 28.8 Å². The molecule has 0 bridgehead atoms. The standard InChI is InChI=1S/C11H17N3O3/c1-7(2)6-16-8(3)17-11-13-4-9(5-14-11)10(12)15/h4-5,7-8H,6H2,1-3H3,(H2,12,15). The van der Waals surface area contributed by atoms with Gasteiger partial charge in [0.2, 0.25) is 0 Å². The predicted octanol–water partition coefficient (Wildman–Crippen LogP) is 0.973. The average molecular weight is 239 g/mol. The van der Waals surface area contributed by atoms with Crippen LogP contribution in [0.3, 0.4) is 0 Å². The number of amides is 1. The van der Waals surface area contributed by atoms with Crippen molar-refractivity contribution in [3.63, 3.8) is 0 Å². The van der Waals surface area contributed by atoms with Crippen LogP contribution in [0, 0.1) is 5.92 Å². The molecule has 6 heteroatoms. The molecule has 6 nitrogen and oxygen atoms in total. The van der Waals surface area contributed by atoms with Crippen LogP contribution in [0.15, 0.2) is 12.4 Å². The van der Waals surface area contributed by atoms with Crippen molar-refractivity contribution in [3.05, 3.63) is 18.0 Å². The fourth-order valence-corrected chi connectivity index (χ4v) is 1.01. The molecular formula is C11H17N3O3. The van der Waals surface area contributed by atoms with Gasteiger partial charge in [0.1, 0.15) is 0 Å². The van der Waals surface area contributed by atoms with Crippen molar-refractivity contribution in [2.45, 2.75) is 27.1 Å². The molecule has 1 heterocycles. The highest BCUT2D eigenvalue weighted by atomic mass is 16.7. The third kappa shape index (κ3) is 4.78. The van der Waals surface area contributed by atoms with E-state index in [1.165, 1.54) is 12.4 Å². The fraction of sp³-hybridized carbons (Fsp3) is 0.545. The van der Waals surface area contributed by atoms with Gasteiger partial charge in [0.25, 0.3) is 5.91 Å². The quantitative estimate of drug-likeness (QED) is 0.747. The van der Waals surface area contributed by atoms with E-state index in [1.54, 1.807) is 6.92 Å². The molecule has 1 unspecified atom stereocenters. The number of nitrogens with two attached hydrogens (primary N) is 1. The molecule has 0 fully saturated rings. The van der Waals surface area contributed by atoms with Crippen LogP contribution >= 0.6 is 0 Å². The molecule has 0 saturated heterocycles. The Morgan fingerprint density at radius 3 is 2.41 bits per heavy atom. The number of nitrogens with zero attached hydrogens (tertiary/aromatic N) is 2. The van der Waals surface area contributed by atoms with Crippen molar-refractivity contribution in [1.82, 2.24) is 9.97 Å². The van der Waals surface area contributed by atoms with Gasteiger partial charge in [-0.05, 0) is 12.8 Å². The predicted molar refractivity (Wildman–Crippen MR) is 61.4 cm³/mol. The molecule has 0 spiro atoms. The van der Waals surface area contributed by atoms with E-state index in [0.717, 1.165) is 0 Å². The summed E-state index contributed by atoms with van der Waals surface area (Å²) in [6, 6.07) is 0.159. The second-order valence-electron chi connectivity index (χ2n) is 4.03. The summed E-state index contributed by atoms with van der Waals surface area (Å²) in [4.78, 5) is 18.5. The molecule has 0 radical (unpaired) electrons. The molecule has 0 aromatic carbocycles. The van der Waals surface area contributed by atoms with Gasteiger partial charge in [0, 0.05) is 12.4 Å². The van der Waals surface area contributed by atoms with E-state index in [4.69, 9.17) is 15.2 Å². The normalized spacial score (nSPS) is 12.5. The van der Waals surface area contributed by atoms with Gasteiger partial charge in [-0.2, -0.15) is 0 Å². The third-order valence-electron chi connectivity index (χ3n) is 1.85. The smallest absolute Gasteiger partial charge is 0.318 e. The molecule has 1 rings (SSSR count). The lowest BCUT2D eigenvalue weighted by Gasteiger charge is -2.15. The van der Waals surface area contributed by atoms with Gasteiger partial charge in [-0.15, -0.1) is 0 Å². The lowest BCUT2D eigenvalue weighted by molar-refractivity contribution is -0.0800. The van der Waals surface area contributed by atoms with E-state index >= 15 is 0 Å². The highest BCUT2D eigenvalue weighted by Gasteiger charge is 2.08. The molecule has 0 aliphatic heterocycles. The van der Waals surface area contributed by atoms with E-state index in [9.17, 15) is 4.79 Å². The maximum absolute atomic E-state index is 10.8. The molecule has 17 heavy (non-hydrogen) atoms. The number of hydrogen-bond acceptors (Lipinski definition) is 5. The zero-order valence-electron chi connectivity index (χ0n) is 10.2. The molecule has 1 amide bonds. The number of rotatable bonds is 6. The van der Waals surface area contributed by atoms with Crippen LogP contribution in [0.25, 0.3) is 0 Å². The summed E-state index contributed by atoms with van der Waals surface area (Å²) in [5.41, 5.74) is 5.31. The SMILES string of the molecule is CC(C)COC(C)Oc1ncc(C(N)=O)cn1. The summed E-state index contributed by atoms with van der Waals surface area (Å²) in [5, 5.41) is 0. The Morgan fingerprint density at radius 2 is 1.94 bits per heavy atom. The van der Waals surface area contributed by atoms with Crippen molar-refractivity contribution in [1.29, 1.82) is 0 Å². The van der Waals surface area contributed by atoms with Gasteiger partial charge in [-0.3, -0.25) is 4.79 Å². The number of hydrogen-bond donors (Lipinski definition) is 1. The van der Waals surface area contributed by atoms with E-state index in [0.29, 0.717) is 12.5 Å². The van der Waals surface area contributed by atoms with Gasteiger partial charge >= 0.3 is 6.01 Å². The number of aromatic nitrogens is 2. The van der Waals surface area contributed by atoms with E-state index in [1.807, 2.05) is 13.8 Å². The molecule has 0 saturated carbocycles. The van der Waals surface area contributed by atoms with Crippen LogP contribution in [-0.2, 0) is 4.74 Å². The minimum absolute atomic E-state index is 0.159. The summed E-state index contributed by atoms with van der Waals surface area (Å²) >= 11 is 0. The Hall–Kier alpha value is -1.69. The Bertz CT molecular complexity index is 365. The summed E-state index contributed by atoms with van der Waals surface area (Å²) in [6.07, 6.45) is 2.21. The van der Waals surface area contributed by atoms with E-state index in [2.05, 4.69) is 9.97 Å². The Kier molecular flexibility index (Phi) is 4.84. The average Bonchev–Trinajstić information content (AvgIpc) is 2.27.